The molecule has 3 heteroatoms. The first kappa shape index (κ1) is 6.92. The van der Waals surface area contributed by atoms with E-state index in [4.69, 9.17) is 11.6 Å². The molecule has 0 aliphatic rings. The van der Waals surface area contributed by atoms with E-state index in [1.165, 1.54) is 0 Å². The monoisotopic (exact) mass is 122 g/mol. The van der Waals surface area contributed by atoms with Crippen molar-refractivity contribution >= 4 is 17.9 Å². The molecule has 0 amide bonds. The summed E-state index contributed by atoms with van der Waals surface area (Å²) < 4.78 is 4.59. The van der Waals surface area contributed by atoms with E-state index in [-0.39, 0.29) is 12.2 Å². The molecular formula is C4H7ClO2. The molecule has 0 aromatic heterocycles. The van der Waals surface area contributed by atoms with Gasteiger partial charge in [0.2, 0.25) is 0 Å². The fourth-order valence-electron chi connectivity index (χ4n) is 0.139. The first-order valence-electron chi connectivity index (χ1n) is 1.94. The van der Waals surface area contributed by atoms with Crippen LogP contribution in [-0.4, -0.2) is 18.5 Å². The Bertz CT molecular complexity index is 55.7. The van der Waals surface area contributed by atoms with Crippen LogP contribution in [0.3, 0.4) is 0 Å². The van der Waals surface area contributed by atoms with Gasteiger partial charge in [-0.3, -0.25) is 0 Å². The molecule has 0 radical (unpaired) electrons. The number of halogens is 1. The topological polar surface area (TPSA) is 26.3 Å². The molecule has 0 aromatic rings. The highest BCUT2D eigenvalue weighted by atomic mass is 35.5. The van der Waals surface area contributed by atoms with Crippen molar-refractivity contribution < 1.29 is 9.53 Å². The summed E-state index contributed by atoms with van der Waals surface area (Å²) >= 11 is 5.09. The van der Waals surface area contributed by atoms with Gasteiger partial charge in [0, 0.05) is 0 Å². The van der Waals surface area contributed by atoms with Crippen molar-refractivity contribution in [3.63, 3.8) is 0 Å². The standard InChI is InChI=1S/C4H7ClO2/c1-4(2-6)7-3-5/h2,4H,3H2,1H3. The molecule has 0 aromatic carbocycles. The summed E-state index contributed by atoms with van der Waals surface area (Å²) in [7, 11) is 0. The van der Waals surface area contributed by atoms with Crippen molar-refractivity contribution in [2.45, 2.75) is 13.0 Å². The number of ether oxygens (including phenoxy) is 1. The number of aldehydes is 1. The van der Waals surface area contributed by atoms with Gasteiger partial charge in [-0.1, -0.05) is 11.6 Å². The highest BCUT2D eigenvalue weighted by molar-refractivity contribution is 6.17. The van der Waals surface area contributed by atoms with Crippen molar-refractivity contribution in [3.05, 3.63) is 0 Å². The van der Waals surface area contributed by atoms with Gasteiger partial charge in [0.15, 0.2) is 0 Å². The van der Waals surface area contributed by atoms with Crippen LogP contribution >= 0.6 is 11.6 Å². The molecule has 7 heavy (non-hydrogen) atoms. The summed E-state index contributed by atoms with van der Waals surface area (Å²) in [6, 6.07) is 0.0832. The maximum Gasteiger partial charge on any atom is 0.148 e. The molecule has 0 aliphatic heterocycles. The molecule has 0 aliphatic carbocycles. The molecule has 0 heterocycles. The average Bonchev–Trinajstić information content (AvgIpc) is 1.68. The van der Waals surface area contributed by atoms with Crippen molar-refractivity contribution in [2.75, 3.05) is 6.07 Å². The zero-order valence-corrected chi connectivity index (χ0v) is 4.81. The molecule has 0 spiro atoms. The van der Waals surface area contributed by atoms with Crippen LogP contribution in [0.1, 0.15) is 6.92 Å². The molecule has 0 N–H and O–H groups in total. The minimum absolute atomic E-state index is 0.0832. The number of carbonyl (C=O) groups excluding carboxylic acids is 1. The number of hydrogen-bond acceptors (Lipinski definition) is 2. The normalized spacial score (nSPS) is 13.4. The SMILES string of the molecule is CC(C=O)OCCl. The first-order chi connectivity index (χ1) is 3.31. The fourth-order valence-corrected chi connectivity index (χ4v) is 0.337. The Morgan fingerprint density at radius 3 is 2.71 bits per heavy atom. The maximum atomic E-state index is 9.71. The van der Waals surface area contributed by atoms with Crippen LogP contribution in [-0.2, 0) is 9.53 Å². The summed E-state index contributed by atoms with van der Waals surface area (Å²) in [6.45, 7) is 1.63. The van der Waals surface area contributed by atoms with Crippen LogP contribution in [0.15, 0.2) is 0 Å². The Balaban J connectivity index is 2.98. The smallest absolute Gasteiger partial charge is 0.148 e. The molecule has 1 unspecified atom stereocenters. The number of carbonyl (C=O) groups is 1. The summed E-state index contributed by atoms with van der Waals surface area (Å²) in [6.07, 6.45) is 0.333. The third kappa shape index (κ3) is 3.76. The van der Waals surface area contributed by atoms with Crippen molar-refractivity contribution in [2.24, 2.45) is 0 Å². The van der Waals surface area contributed by atoms with E-state index in [1.807, 2.05) is 0 Å². The van der Waals surface area contributed by atoms with E-state index in [0.717, 1.165) is 0 Å². The van der Waals surface area contributed by atoms with Gasteiger partial charge in [-0.05, 0) is 6.92 Å². The summed E-state index contributed by atoms with van der Waals surface area (Å²) in [5.74, 6) is 0. The molecule has 0 bridgehead atoms. The van der Waals surface area contributed by atoms with Crippen LogP contribution in [0.25, 0.3) is 0 Å². The van der Waals surface area contributed by atoms with Crippen molar-refractivity contribution in [1.82, 2.24) is 0 Å². The zero-order chi connectivity index (χ0) is 5.70. The Hall–Kier alpha value is -0.0800. The summed E-state index contributed by atoms with van der Waals surface area (Å²) in [5, 5.41) is 0. The van der Waals surface area contributed by atoms with Gasteiger partial charge in [0.25, 0.3) is 0 Å². The van der Waals surface area contributed by atoms with Crippen LogP contribution in [0.5, 0.6) is 0 Å². The lowest BCUT2D eigenvalue weighted by Crippen LogP contribution is -2.06. The molecule has 0 saturated carbocycles. The highest BCUT2D eigenvalue weighted by Crippen LogP contribution is 1.85. The highest BCUT2D eigenvalue weighted by Gasteiger charge is 1.93. The third-order valence-electron chi connectivity index (χ3n) is 0.518. The molecule has 0 fully saturated rings. The first-order valence-corrected chi connectivity index (χ1v) is 2.47. The summed E-state index contributed by atoms with van der Waals surface area (Å²) in [5.41, 5.74) is 0. The van der Waals surface area contributed by atoms with Gasteiger partial charge < -0.3 is 9.53 Å². The van der Waals surface area contributed by atoms with Gasteiger partial charge in [-0.25, -0.2) is 0 Å². The Morgan fingerprint density at radius 1 is 2.00 bits per heavy atom. The number of rotatable bonds is 3. The molecule has 0 saturated heterocycles. The van der Waals surface area contributed by atoms with E-state index in [9.17, 15) is 4.79 Å². The largest absolute Gasteiger partial charge is 0.355 e. The Labute approximate surface area is 47.4 Å². The minimum atomic E-state index is -0.363. The molecular weight excluding hydrogens is 115 g/mol. The van der Waals surface area contributed by atoms with Crippen LogP contribution < -0.4 is 0 Å². The maximum absolute atomic E-state index is 9.71. The lowest BCUT2D eigenvalue weighted by atomic mass is 10.5. The van der Waals surface area contributed by atoms with E-state index in [2.05, 4.69) is 4.74 Å². The van der Waals surface area contributed by atoms with Crippen LogP contribution in [0.2, 0.25) is 0 Å². The Kier molecular flexibility index (Phi) is 4.04. The van der Waals surface area contributed by atoms with Gasteiger partial charge in [0.1, 0.15) is 18.5 Å². The second kappa shape index (κ2) is 4.09. The molecule has 42 valence electrons. The van der Waals surface area contributed by atoms with Gasteiger partial charge in [-0.2, -0.15) is 0 Å². The van der Waals surface area contributed by atoms with E-state index >= 15 is 0 Å². The van der Waals surface area contributed by atoms with E-state index < -0.39 is 0 Å². The van der Waals surface area contributed by atoms with Crippen LogP contribution in [0.4, 0.5) is 0 Å². The predicted molar refractivity (Wildman–Crippen MR) is 27.3 cm³/mol. The molecule has 0 rings (SSSR count). The van der Waals surface area contributed by atoms with Crippen LogP contribution in [0, 0.1) is 0 Å². The van der Waals surface area contributed by atoms with Crippen molar-refractivity contribution in [3.8, 4) is 0 Å². The second-order valence-electron chi connectivity index (χ2n) is 1.12. The third-order valence-corrected chi connectivity index (χ3v) is 0.644. The molecule has 1 atom stereocenters. The van der Waals surface area contributed by atoms with E-state index in [1.54, 1.807) is 6.92 Å². The number of alkyl halides is 1. The average molecular weight is 123 g/mol. The predicted octanol–water partition coefficient (Wildman–Crippen LogP) is 0.787. The lowest BCUT2D eigenvalue weighted by Gasteiger charge is -1.97. The van der Waals surface area contributed by atoms with Gasteiger partial charge in [-0.15, -0.1) is 0 Å². The minimum Gasteiger partial charge on any atom is -0.355 e. The van der Waals surface area contributed by atoms with E-state index in [0.29, 0.717) is 6.29 Å². The Morgan fingerprint density at radius 2 is 2.57 bits per heavy atom. The molecule has 2 nitrogen and oxygen atoms in total. The van der Waals surface area contributed by atoms with Gasteiger partial charge in [0.05, 0.1) is 0 Å². The van der Waals surface area contributed by atoms with Gasteiger partial charge >= 0.3 is 0 Å². The fraction of sp³-hybridized carbons (Fsp3) is 0.750. The zero-order valence-electron chi connectivity index (χ0n) is 4.06. The summed E-state index contributed by atoms with van der Waals surface area (Å²) in [4.78, 5) is 9.71. The van der Waals surface area contributed by atoms with Crippen molar-refractivity contribution in [1.29, 1.82) is 0 Å². The number of hydrogen-bond donors (Lipinski definition) is 0. The lowest BCUT2D eigenvalue weighted by molar-refractivity contribution is -0.115. The quantitative estimate of drug-likeness (QED) is 0.409. The second-order valence-corrected chi connectivity index (χ2v) is 1.34.